The second-order valence-electron chi connectivity index (χ2n) is 4.65. The van der Waals surface area contributed by atoms with Crippen molar-refractivity contribution in [2.24, 2.45) is 0 Å². The molecule has 0 aliphatic heterocycles. The maximum Gasteiger partial charge on any atom is 0.337 e. The van der Waals surface area contributed by atoms with Crippen LogP contribution in [0.1, 0.15) is 16.1 Å². The SMILES string of the molecule is Cc1nnc2ccccc2c1Nc1ccccc1C(=O)O. The summed E-state index contributed by atoms with van der Waals surface area (Å²) in [4.78, 5) is 11.3. The molecular weight excluding hydrogens is 266 g/mol. The number of para-hydroxylation sites is 1. The fourth-order valence-corrected chi connectivity index (χ4v) is 2.22. The van der Waals surface area contributed by atoms with E-state index < -0.39 is 5.97 Å². The van der Waals surface area contributed by atoms with Gasteiger partial charge in [0.1, 0.15) is 0 Å². The molecule has 0 aliphatic rings. The van der Waals surface area contributed by atoms with Crippen molar-refractivity contribution in [3.05, 3.63) is 59.8 Å². The monoisotopic (exact) mass is 279 g/mol. The number of nitrogens with one attached hydrogen (secondary N) is 1. The number of aromatic carboxylic acids is 1. The van der Waals surface area contributed by atoms with Gasteiger partial charge in [-0.3, -0.25) is 0 Å². The number of anilines is 2. The molecule has 0 fully saturated rings. The summed E-state index contributed by atoms with van der Waals surface area (Å²) in [7, 11) is 0. The molecule has 3 rings (SSSR count). The molecule has 0 amide bonds. The summed E-state index contributed by atoms with van der Waals surface area (Å²) in [5.74, 6) is -0.970. The Morgan fingerprint density at radius 2 is 1.76 bits per heavy atom. The maximum atomic E-state index is 11.3. The van der Waals surface area contributed by atoms with Crippen LogP contribution in [-0.4, -0.2) is 21.3 Å². The van der Waals surface area contributed by atoms with Crippen LogP contribution in [-0.2, 0) is 0 Å². The average molecular weight is 279 g/mol. The molecule has 2 aromatic carbocycles. The van der Waals surface area contributed by atoms with Gasteiger partial charge in [-0.05, 0) is 25.1 Å². The predicted octanol–water partition coefficient (Wildman–Crippen LogP) is 3.38. The van der Waals surface area contributed by atoms with Crippen molar-refractivity contribution in [1.29, 1.82) is 0 Å². The molecular formula is C16H13N3O2. The Morgan fingerprint density at radius 3 is 2.57 bits per heavy atom. The molecule has 0 radical (unpaired) electrons. The highest BCUT2D eigenvalue weighted by Gasteiger charge is 2.12. The lowest BCUT2D eigenvalue weighted by atomic mass is 10.1. The van der Waals surface area contributed by atoms with Crippen molar-refractivity contribution in [2.75, 3.05) is 5.32 Å². The van der Waals surface area contributed by atoms with Crippen molar-refractivity contribution in [1.82, 2.24) is 10.2 Å². The molecule has 1 heterocycles. The Kier molecular flexibility index (Phi) is 3.23. The first-order valence-corrected chi connectivity index (χ1v) is 6.48. The molecule has 0 saturated carbocycles. The minimum absolute atomic E-state index is 0.220. The normalized spacial score (nSPS) is 10.5. The topological polar surface area (TPSA) is 75.1 Å². The lowest BCUT2D eigenvalue weighted by molar-refractivity contribution is 0.0698. The Labute approximate surface area is 121 Å². The number of carboxylic acids is 1. The highest BCUT2D eigenvalue weighted by atomic mass is 16.4. The summed E-state index contributed by atoms with van der Waals surface area (Å²) in [6.07, 6.45) is 0. The first-order valence-electron chi connectivity index (χ1n) is 6.48. The van der Waals surface area contributed by atoms with Gasteiger partial charge >= 0.3 is 5.97 Å². The van der Waals surface area contributed by atoms with Crippen LogP contribution in [0.4, 0.5) is 11.4 Å². The molecule has 0 saturated heterocycles. The first-order chi connectivity index (χ1) is 10.2. The number of carboxylic acid groups (broad SMARTS) is 1. The molecule has 0 spiro atoms. The highest BCUT2D eigenvalue weighted by molar-refractivity contribution is 5.98. The molecule has 21 heavy (non-hydrogen) atoms. The molecule has 2 N–H and O–H groups in total. The van der Waals surface area contributed by atoms with Crippen molar-refractivity contribution in [3.63, 3.8) is 0 Å². The summed E-state index contributed by atoms with van der Waals surface area (Å²) < 4.78 is 0. The van der Waals surface area contributed by atoms with E-state index in [0.717, 1.165) is 16.6 Å². The van der Waals surface area contributed by atoms with E-state index in [1.807, 2.05) is 31.2 Å². The fraction of sp³-hybridized carbons (Fsp3) is 0.0625. The van der Waals surface area contributed by atoms with Crippen LogP contribution in [0.15, 0.2) is 48.5 Å². The lowest BCUT2D eigenvalue weighted by Crippen LogP contribution is -2.04. The summed E-state index contributed by atoms with van der Waals surface area (Å²) in [5, 5.41) is 21.6. The molecule has 0 aliphatic carbocycles. The third-order valence-corrected chi connectivity index (χ3v) is 3.26. The lowest BCUT2D eigenvalue weighted by Gasteiger charge is -2.13. The van der Waals surface area contributed by atoms with Gasteiger partial charge in [-0.15, -0.1) is 0 Å². The van der Waals surface area contributed by atoms with Gasteiger partial charge in [-0.1, -0.05) is 30.3 Å². The van der Waals surface area contributed by atoms with Gasteiger partial charge < -0.3 is 10.4 Å². The third-order valence-electron chi connectivity index (χ3n) is 3.26. The molecule has 0 atom stereocenters. The summed E-state index contributed by atoms with van der Waals surface area (Å²) >= 11 is 0. The quantitative estimate of drug-likeness (QED) is 0.768. The number of hydrogen-bond acceptors (Lipinski definition) is 4. The standard InChI is InChI=1S/C16H13N3O2/c1-10-15(11-6-2-5-9-14(11)19-18-10)17-13-8-4-3-7-12(13)16(20)21/h2-9H,1H3,(H,17,19)(H,20,21). The zero-order chi connectivity index (χ0) is 14.8. The minimum atomic E-state index is -0.970. The van der Waals surface area contributed by atoms with Crippen molar-refractivity contribution < 1.29 is 9.90 Å². The smallest absolute Gasteiger partial charge is 0.337 e. The number of nitrogens with zero attached hydrogens (tertiary/aromatic N) is 2. The predicted molar refractivity (Wildman–Crippen MR) is 81.0 cm³/mol. The zero-order valence-electron chi connectivity index (χ0n) is 11.4. The van der Waals surface area contributed by atoms with Gasteiger partial charge in [0, 0.05) is 5.39 Å². The van der Waals surface area contributed by atoms with Gasteiger partial charge in [-0.25, -0.2) is 4.79 Å². The van der Waals surface area contributed by atoms with Gasteiger partial charge in [0.25, 0.3) is 0 Å². The van der Waals surface area contributed by atoms with E-state index in [1.54, 1.807) is 24.3 Å². The van der Waals surface area contributed by atoms with E-state index >= 15 is 0 Å². The molecule has 5 heteroatoms. The maximum absolute atomic E-state index is 11.3. The summed E-state index contributed by atoms with van der Waals surface area (Å²) in [6, 6.07) is 14.4. The molecule has 3 aromatic rings. The Morgan fingerprint density at radius 1 is 1.05 bits per heavy atom. The zero-order valence-corrected chi connectivity index (χ0v) is 11.4. The average Bonchev–Trinajstić information content (AvgIpc) is 2.50. The van der Waals surface area contributed by atoms with Gasteiger partial charge in [0.15, 0.2) is 0 Å². The number of rotatable bonds is 3. The number of carbonyl (C=O) groups is 1. The van der Waals surface area contributed by atoms with Crippen LogP contribution >= 0.6 is 0 Å². The molecule has 1 aromatic heterocycles. The van der Waals surface area contributed by atoms with Crippen molar-refractivity contribution in [3.8, 4) is 0 Å². The van der Waals surface area contributed by atoms with Gasteiger partial charge in [-0.2, -0.15) is 10.2 Å². The van der Waals surface area contributed by atoms with E-state index in [-0.39, 0.29) is 5.56 Å². The Balaban J connectivity index is 2.15. The Hall–Kier alpha value is -2.95. The Bertz CT molecular complexity index is 831. The van der Waals surface area contributed by atoms with Crippen LogP contribution in [0.5, 0.6) is 0 Å². The van der Waals surface area contributed by atoms with Crippen LogP contribution < -0.4 is 5.32 Å². The van der Waals surface area contributed by atoms with E-state index in [1.165, 1.54) is 0 Å². The second kappa shape index (κ2) is 5.20. The number of aromatic nitrogens is 2. The number of fused-ring (bicyclic) bond motifs is 1. The van der Waals surface area contributed by atoms with Crippen LogP contribution in [0, 0.1) is 6.92 Å². The number of aryl methyl sites for hydroxylation is 1. The van der Waals surface area contributed by atoms with Crippen molar-refractivity contribution >= 4 is 28.2 Å². The third kappa shape index (κ3) is 2.41. The van der Waals surface area contributed by atoms with Crippen LogP contribution in [0.25, 0.3) is 10.9 Å². The molecule has 5 nitrogen and oxygen atoms in total. The fourth-order valence-electron chi connectivity index (χ4n) is 2.22. The van der Waals surface area contributed by atoms with Gasteiger partial charge in [0.2, 0.25) is 0 Å². The molecule has 104 valence electrons. The van der Waals surface area contributed by atoms with E-state index in [2.05, 4.69) is 15.5 Å². The summed E-state index contributed by atoms with van der Waals surface area (Å²) in [5.41, 5.74) is 3.01. The largest absolute Gasteiger partial charge is 0.478 e. The highest BCUT2D eigenvalue weighted by Crippen LogP contribution is 2.28. The van der Waals surface area contributed by atoms with Crippen LogP contribution in [0.2, 0.25) is 0 Å². The number of hydrogen-bond donors (Lipinski definition) is 2. The van der Waals surface area contributed by atoms with E-state index in [9.17, 15) is 9.90 Å². The summed E-state index contributed by atoms with van der Waals surface area (Å²) in [6.45, 7) is 1.84. The molecule has 0 bridgehead atoms. The van der Waals surface area contributed by atoms with Gasteiger partial charge in [0.05, 0.1) is 28.1 Å². The first kappa shape index (κ1) is 13.1. The molecule has 0 unspecified atom stereocenters. The second-order valence-corrected chi connectivity index (χ2v) is 4.65. The van der Waals surface area contributed by atoms with Crippen LogP contribution in [0.3, 0.4) is 0 Å². The van der Waals surface area contributed by atoms with E-state index in [4.69, 9.17) is 0 Å². The number of benzene rings is 2. The van der Waals surface area contributed by atoms with E-state index in [0.29, 0.717) is 11.4 Å². The minimum Gasteiger partial charge on any atom is -0.478 e. The van der Waals surface area contributed by atoms with Crippen molar-refractivity contribution in [2.45, 2.75) is 6.92 Å².